The Kier molecular flexibility index (Phi) is 7.06. The second kappa shape index (κ2) is 9.04. The SMILES string of the molecule is CCC(C)C(N)C(=O)NCc1ccc(C)cc1OCC1CCCO1. The van der Waals surface area contributed by atoms with Gasteiger partial charge in [-0.2, -0.15) is 0 Å². The lowest BCUT2D eigenvalue weighted by Crippen LogP contribution is -2.44. The van der Waals surface area contributed by atoms with Gasteiger partial charge in [0.05, 0.1) is 12.1 Å². The molecule has 1 aliphatic heterocycles. The number of ether oxygens (including phenoxy) is 2. The summed E-state index contributed by atoms with van der Waals surface area (Å²) in [7, 11) is 0. The molecule has 1 saturated heterocycles. The van der Waals surface area contributed by atoms with Crippen LogP contribution in [0.15, 0.2) is 18.2 Å². The molecule has 3 atom stereocenters. The summed E-state index contributed by atoms with van der Waals surface area (Å²) < 4.78 is 11.6. The van der Waals surface area contributed by atoms with E-state index in [-0.39, 0.29) is 17.9 Å². The highest BCUT2D eigenvalue weighted by atomic mass is 16.5. The van der Waals surface area contributed by atoms with E-state index >= 15 is 0 Å². The van der Waals surface area contributed by atoms with Crippen LogP contribution in [0.2, 0.25) is 0 Å². The van der Waals surface area contributed by atoms with Crippen molar-refractivity contribution in [1.82, 2.24) is 5.32 Å². The van der Waals surface area contributed by atoms with E-state index in [1.165, 1.54) is 0 Å². The first-order valence-corrected chi connectivity index (χ1v) is 8.88. The van der Waals surface area contributed by atoms with Gasteiger partial charge in [-0.1, -0.05) is 32.4 Å². The number of hydrogen-bond donors (Lipinski definition) is 2. The highest BCUT2D eigenvalue weighted by Crippen LogP contribution is 2.22. The number of amides is 1. The fourth-order valence-electron chi connectivity index (χ4n) is 2.71. The Labute approximate surface area is 144 Å². The molecule has 0 radical (unpaired) electrons. The molecule has 3 unspecified atom stereocenters. The highest BCUT2D eigenvalue weighted by molar-refractivity contribution is 5.81. The largest absolute Gasteiger partial charge is 0.491 e. The molecule has 0 aromatic heterocycles. The van der Waals surface area contributed by atoms with Gasteiger partial charge in [0.25, 0.3) is 0 Å². The lowest BCUT2D eigenvalue weighted by atomic mass is 9.99. The van der Waals surface area contributed by atoms with Crippen LogP contribution in [0.4, 0.5) is 0 Å². The van der Waals surface area contributed by atoms with Crippen molar-refractivity contribution in [2.45, 2.75) is 58.7 Å². The van der Waals surface area contributed by atoms with Crippen LogP contribution in [-0.2, 0) is 16.1 Å². The maximum atomic E-state index is 12.2. The Morgan fingerprint density at radius 3 is 2.96 bits per heavy atom. The van der Waals surface area contributed by atoms with Gasteiger partial charge in [0.15, 0.2) is 0 Å². The topological polar surface area (TPSA) is 73.6 Å². The number of benzene rings is 1. The fraction of sp³-hybridized carbons (Fsp3) is 0.632. The second-order valence-corrected chi connectivity index (χ2v) is 6.69. The van der Waals surface area contributed by atoms with Gasteiger partial charge in [-0.3, -0.25) is 4.79 Å². The molecule has 0 aliphatic carbocycles. The van der Waals surface area contributed by atoms with E-state index in [4.69, 9.17) is 15.2 Å². The highest BCUT2D eigenvalue weighted by Gasteiger charge is 2.20. The van der Waals surface area contributed by atoms with Gasteiger partial charge >= 0.3 is 0 Å². The van der Waals surface area contributed by atoms with Crippen LogP contribution in [0.3, 0.4) is 0 Å². The first-order chi connectivity index (χ1) is 11.5. The summed E-state index contributed by atoms with van der Waals surface area (Å²) in [6.07, 6.45) is 3.20. The standard InChI is InChI=1S/C19H30N2O3/c1-4-14(3)18(20)19(22)21-11-15-8-7-13(2)10-17(15)24-12-16-6-5-9-23-16/h7-8,10,14,16,18H,4-6,9,11-12,20H2,1-3H3,(H,21,22). The quantitative estimate of drug-likeness (QED) is 0.766. The minimum Gasteiger partial charge on any atom is -0.491 e. The molecule has 24 heavy (non-hydrogen) atoms. The zero-order valence-corrected chi connectivity index (χ0v) is 15.0. The average molecular weight is 334 g/mol. The first-order valence-electron chi connectivity index (χ1n) is 8.88. The Morgan fingerprint density at radius 2 is 2.29 bits per heavy atom. The van der Waals surface area contributed by atoms with Gasteiger partial charge in [0, 0.05) is 18.7 Å². The predicted octanol–water partition coefficient (Wildman–Crippen LogP) is 2.54. The molecule has 2 rings (SSSR count). The Morgan fingerprint density at radius 1 is 1.50 bits per heavy atom. The average Bonchev–Trinajstić information content (AvgIpc) is 3.10. The molecule has 1 aromatic rings. The predicted molar refractivity (Wildman–Crippen MR) is 94.9 cm³/mol. The lowest BCUT2D eigenvalue weighted by Gasteiger charge is -2.19. The lowest BCUT2D eigenvalue weighted by molar-refractivity contribution is -0.123. The molecule has 0 bridgehead atoms. The molecular formula is C19H30N2O3. The third-order valence-electron chi connectivity index (χ3n) is 4.68. The van der Waals surface area contributed by atoms with Crippen LogP contribution in [0.5, 0.6) is 5.75 Å². The maximum absolute atomic E-state index is 12.2. The van der Waals surface area contributed by atoms with E-state index in [1.807, 2.05) is 39.0 Å². The van der Waals surface area contributed by atoms with Crippen molar-refractivity contribution in [3.8, 4) is 5.75 Å². The monoisotopic (exact) mass is 334 g/mol. The van der Waals surface area contributed by atoms with Crippen molar-refractivity contribution in [1.29, 1.82) is 0 Å². The summed E-state index contributed by atoms with van der Waals surface area (Å²) >= 11 is 0. The number of hydrogen-bond acceptors (Lipinski definition) is 4. The maximum Gasteiger partial charge on any atom is 0.237 e. The number of carbonyl (C=O) groups is 1. The van der Waals surface area contributed by atoms with E-state index in [2.05, 4.69) is 5.32 Å². The first kappa shape index (κ1) is 18.7. The van der Waals surface area contributed by atoms with E-state index in [0.29, 0.717) is 13.2 Å². The van der Waals surface area contributed by atoms with Crippen LogP contribution < -0.4 is 15.8 Å². The van der Waals surface area contributed by atoms with Crippen LogP contribution in [0.25, 0.3) is 0 Å². The third-order valence-corrected chi connectivity index (χ3v) is 4.68. The minimum atomic E-state index is -0.475. The van der Waals surface area contributed by atoms with Gasteiger partial charge < -0.3 is 20.5 Å². The van der Waals surface area contributed by atoms with Crippen molar-refractivity contribution in [3.63, 3.8) is 0 Å². The van der Waals surface area contributed by atoms with Crippen molar-refractivity contribution in [2.24, 2.45) is 11.7 Å². The van der Waals surface area contributed by atoms with Gasteiger partial charge in [-0.05, 0) is 37.3 Å². The van der Waals surface area contributed by atoms with Crippen LogP contribution in [0.1, 0.15) is 44.2 Å². The molecule has 1 aromatic carbocycles. The zero-order chi connectivity index (χ0) is 17.5. The Hall–Kier alpha value is -1.59. The normalized spacial score (nSPS) is 19.8. The molecule has 1 amide bonds. The fourth-order valence-corrected chi connectivity index (χ4v) is 2.71. The molecule has 3 N–H and O–H groups in total. The van der Waals surface area contributed by atoms with Crippen molar-refractivity contribution in [3.05, 3.63) is 29.3 Å². The third kappa shape index (κ3) is 5.21. The Balaban J connectivity index is 1.94. The van der Waals surface area contributed by atoms with Gasteiger partial charge in [0.1, 0.15) is 12.4 Å². The zero-order valence-electron chi connectivity index (χ0n) is 15.0. The molecular weight excluding hydrogens is 304 g/mol. The van der Waals surface area contributed by atoms with Crippen LogP contribution in [0, 0.1) is 12.8 Å². The van der Waals surface area contributed by atoms with Crippen molar-refractivity contribution < 1.29 is 14.3 Å². The van der Waals surface area contributed by atoms with Crippen LogP contribution in [-0.4, -0.2) is 31.3 Å². The number of carbonyl (C=O) groups excluding carboxylic acids is 1. The number of rotatable bonds is 8. The summed E-state index contributed by atoms with van der Waals surface area (Å²) in [5, 5.41) is 2.93. The molecule has 0 saturated carbocycles. The molecule has 5 heteroatoms. The summed E-state index contributed by atoms with van der Waals surface area (Å²) in [4.78, 5) is 12.2. The second-order valence-electron chi connectivity index (χ2n) is 6.69. The van der Waals surface area contributed by atoms with Gasteiger partial charge in [-0.25, -0.2) is 0 Å². The van der Waals surface area contributed by atoms with Crippen molar-refractivity contribution in [2.75, 3.05) is 13.2 Å². The molecule has 1 fully saturated rings. The van der Waals surface area contributed by atoms with Gasteiger partial charge in [-0.15, -0.1) is 0 Å². The van der Waals surface area contributed by atoms with E-state index in [9.17, 15) is 4.79 Å². The van der Waals surface area contributed by atoms with Crippen LogP contribution >= 0.6 is 0 Å². The van der Waals surface area contributed by atoms with E-state index in [1.54, 1.807) is 0 Å². The molecule has 0 spiro atoms. The van der Waals surface area contributed by atoms with Gasteiger partial charge in [0.2, 0.25) is 5.91 Å². The number of nitrogens with one attached hydrogen (secondary N) is 1. The number of nitrogens with two attached hydrogens (primary N) is 1. The summed E-state index contributed by atoms with van der Waals surface area (Å²) in [5.41, 5.74) is 8.07. The molecule has 1 aliphatic rings. The summed E-state index contributed by atoms with van der Waals surface area (Å²) in [5.74, 6) is 0.858. The smallest absolute Gasteiger partial charge is 0.237 e. The molecule has 1 heterocycles. The summed E-state index contributed by atoms with van der Waals surface area (Å²) in [6.45, 7) is 7.85. The Bertz CT molecular complexity index is 541. The number of aryl methyl sites for hydroxylation is 1. The van der Waals surface area contributed by atoms with E-state index < -0.39 is 6.04 Å². The van der Waals surface area contributed by atoms with E-state index in [0.717, 1.165) is 42.7 Å². The summed E-state index contributed by atoms with van der Waals surface area (Å²) in [6, 6.07) is 5.55. The molecule has 134 valence electrons. The molecule has 5 nitrogen and oxygen atoms in total. The van der Waals surface area contributed by atoms with Crippen molar-refractivity contribution >= 4 is 5.91 Å². The minimum absolute atomic E-state index is 0.116.